The molecule has 0 radical (unpaired) electrons. The van der Waals surface area contributed by atoms with Crippen molar-refractivity contribution in [1.29, 1.82) is 0 Å². The molecule has 1 aliphatic rings. The zero-order valence-electron chi connectivity index (χ0n) is 11.9. The molecule has 4 rings (SSSR count). The van der Waals surface area contributed by atoms with E-state index in [1.165, 1.54) is 6.33 Å². The predicted molar refractivity (Wildman–Crippen MR) is 82.5 cm³/mol. The Labute approximate surface area is 127 Å². The highest BCUT2D eigenvalue weighted by molar-refractivity contribution is 5.75. The average molecular weight is 291 g/mol. The summed E-state index contributed by atoms with van der Waals surface area (Å²) in [5.74, 6) is 2.35. The highest BCUT2D eigenvalue weighted by atomic mass is 15.4. The number of nitrogens with zero attached hydrogens (tertiary/aromatic N) is 6. The van der Waals surface area contributed by atoms with Gasteiger partial charge in [0.15, 0.2) is 11.6 Å². The Morgan fingerprint density at radius 2 is 1.91 bits per heavy atom. The maximum atomic E-state index is 4.70. The van der Waals surface area contributed by atoms with E-state index in [0.29, 0.717) is 0 Å². The first-order chi connectivity index (χ1) is 10.8. The lowest BCUT2D eigenvalue weighted by Crippen LogP contribution is -2.29. The molecule has 3 aromatic rings. The van der Waals surface area contributed by atoms with E-state index in [1.54, 1.807) is 18.6 Å². The van der Waals surface area contributed by atoms with Gasteiger partial charge in [0, 0.05) is 18.6 Å². The minimum Gasteiger partial charge on any atom is -0.347 e. The van der Waals surface area contributed by atoms with Gasteiger partial charge in [0.05, 0.1) is 11.4 Å². The normalized spacial score (nSPS) is 16.2. The second-order valence-electron chi connectivity index (χ2n) is 4.89. The zero-order chi connectivity index (χ0) is 14.9. The standard InChI is InChI=1S/C15H13N7/c1-10-20-14-15(18-8-7-17-14)22(10)13-4-2-3-12(21-13)11-5-6-16-9-19-11/h2-10H,1H3,(H,17,20)/t10-/m1/s1. The van der Waals surface area contributed by atoms with E-state index in [2.05, 4.69) is 25.3 Å². The third-order valence-corrected chi connectivity index (χ3v) is 3.47. The second-order valence-corrected chi connectivity index (χ2v) is 4.89. The first-order valence-corrected chi connectivity index (χ1v) is 6.93. The monoisotopic (exact) mass is 291 g/mol. The van der Waals surface area contributed by atoms with Crippen molar-refractivity contribution in [1.82, 2.24) is 24.9 Å². The summed E-state index contributed by atoms with van der Waals surface area (Å²) in [7, 11) is 0. The van der Waals surface area contributed by atoms with Gasteiger partial charge in [0.2, 0.25) is 0 Å². The first-order valence-electron chi connectivity index (χ1n) is 6.93. The van der Waals surface area contributed by atoms with E-state index in [4.69, 9.17) is 4.98 Å². The number of pyridine rings is 1. The molecule has 0 aliphatic carbocycles. The summed E-state index contributed by atoms with van der Waals surface area (Å²) in [6.45, 7) is 2.04. The Morgan fingerprint density at radius 1 is 1.00 bits per heavy atom. The van der Waals surface area contributed by atoms with Crippen molar-refractivity contribution < 1.29 is 0 Å². The van der Waals surface area contributed by atoms with E-state index < -0.39 is 0 Å². The number of hydrogen-bond donors (Lipinski definition) is 1. The molecule has 0 saturated carbocycles. The third kappa shape index (κ3) is 2.03. The number of aromatic nitrogens is 5. The third-order valence-electron chi connectivity index (χ3n) is 3.47. The predicted octanol–water partition coefficient (Wildman–Crippen LogP) is 2.24. The van der Waals surface area contributed by atoms with Crippen LogP contribution in [0.15, 0.2) is 49.2 Å². The van der Waals surface area contributed by atoms with Gasteiger partial charge < -0.3 is 5.32 Å². The van der Waals surface area contributed by atoms with Crippen LogP contribution in [0.25, 0.3) is 11.4 Å². The average Bonchev–Trinajstić information content (AvgIpc) is 2.91. The molecule has 0 bridgehead atoms. The minimum atomic E-state index is 0.0329. The van der Waals surface area contributed by atoms with Crippen LogP contribution in [0.4, 0.5) is 17.5 Å². The molecule has 1 N–H and O–H groups in total. The van der Waals surface area contributed by atoms with Gasteiger partial charge in [0.1, 0.15) is 18.3 Å². The molecule has 1 atom stereocenters. The number of fused-ring (bicyclic) bond motifs is 1. The van der Waals surface area contributed by atoms with Crippen LogP contribution in [0.1, 0.15) is 6.92 Å². The van der Waals surface area contributed by atoms with E-state index in [-0.39, 0.29) is 6.17 Å². The zero-order valence-corrected chi connectivity index (χ0v) is 11.9. The second kappa shape index (κ2) is 5.03. The van der Waals surface area contributed by atoms with Gasteiger partial charge >= 0.3 is 0 Å². The maximum absolute atomic E-state index is 4.70. The number of hydrogen-bond acceptors (Lipinski definition) is 7. The Balaban J connectivity index is 1.78. The van der Waals surface area contributed by atoms with E-state index in [1.807, 2.05) is 36.1 Å². The molecule has 7 heteroatoms. The van der Waals surface area contributed by atoms with Crippen molar-refractivity contribution in [2.24, 2.45) is 0 Å². The number of anilines is 3. The Bertz CT molecular complexity index is 806. The van der Waals surface area contributed by atoms with Gasteiger partial charge in [0.25, 0.3) is 0 Å². The van der Waals surface area contributed by atoms with E-state index in [0.717, 1.165) is 28.8 Å². The van der Waals surface area contributed by atoms with Crippen LogP contribution < -0.4 is 10.2 Å². The topological polar surface area (TPSA) is 79.7 Å². The van der Waals surface area contributed by atoms with Crippen LogP contribution in [0.2, 0.25) is 0 Å². The molecule has 0 saturated heterocycles. The van der Waals surface area contributed by atoms with Crippen molar-refractivity contribution in [3.63, 3.8) is 0 Å². The lowest BCUT2D eigenvalue weighted by atomic mass is 10.2. The molecule has 0 fully saturated rings. The molecule has 0 amide bonds. The molecule has 1 aliphatic heterocycles. The number of nitrogens with one attached hydrogen (secondary N) is 1. The largest absolute Gasteiger partial charge is 0.347 e. The van der Waals surface area contributed by atoms with Gasteiger partial charge in [-0.25, -0.2) is 24.9 Å². The minimum absolute atomic E-state index is 0.0329. The molecule has 0 unspecified atom stereocenters. The molecular formula is C15H13N7. The Hall–Kier alpha value is -3.09. The molecule has 22 heavy (non-hydrogen) atoms. The van der Waals surface area contributed by atoms with Crippen LogP contribution >= 0.6 is 0 Å². The van der Waals surface area contributed by atoms with Crippen LogP contribution in [-0.4, -0.2) is 31.1 Å². The van der Waals surface area contributed by atoms with Gasteiger partial charge in [-0.05, 0) is 25.1 Å². The molecular weight excluding hydrogens is 278 g/mol. The number of rotatable bonds is 2. The van der Waals surface area contributed by atoms with Crippen LogP contribution in [0.5, 0.6) is 0 Å². The Morgan fingerprint density at radius 3 is 2.77 bits per heavy atom. The molecule has 0 spiro atoms. The van der Waals surface area contributed by atoms with Crippen LogP contribution in [0, 0.1) is 0 Å². The first kappa shape index (κ1) is 12.6. The molecule has 108 valence electrons. The summed E-state index contributed by atoms with van der Waals surface area (Å²) in [4.78, 5) is 23.6. The molecule has 7 nitrogen and oxygen atoms in total. The summed E-state index contributed by atoms with van der Waals surface area (Å²) in [6, 6.07) is 7.68. The highest BCUT2D eigenvalue weighted by Crippen LogP contribution is 2.35. The van der Waals surface area contributed by atoms with Gasteiger partial charge in [-0.15, -0.1) is 0 Å². The van der Waals surface area contributed by atoms with Crippen LogP contribution in [-0.2, 0) is 0 Å². The smallest absolute Gasteiger partial charge is 0.179 e. The maximum Gasteiger partial charge on any atom is 0.179 e. The van der Waals surface area contributed by atoms with Crippen molar-refractivity contribution in [2.75, 3.05) is 10.2 Å². The van der Waals surface area contributed by atoms with Crippen molar-refractivity contribution in [3.05, 3.63) is 49.2 Å². The summed E-state index contributed by atoms with van der Waals surface area (Å²) in [5, 5.41) is 3.29. The fourth-order valence-electron chi connectivity index (χ4n) is 2.50. The summed E-state index contributed by atoms with van der Waals surface area (Å²) in [6.07, 6.45) is 6.61. The fraction of sp³-hybridized carbons (Fsp3) is 0.133. The lowest BCUT2D eigenvalue weighted by Gasteiger charge is -2.21. The van der Waals surface area contributed by atoms with Crippen molar-refractivity contribution in [2.45, 2.75) is 13.1 Å². The van der Waals surface area contributed by atoms with Gasteiger partial charge in [-0.3, -0.25) is 4.90 Å². The molecule has 3 aromatic heterocycles. The van der Waals surface area contributed by atoms with Crippen molar-refractivity contribution >= 4 is 17.5 Å². The Kier molecular flexibility index (Phi) is 2.89. The summed E-state index contributed by atoms with van der Waals surface area (Å²) < 4.78 is 0. The summed E-state index contributed by atoms with van der Waals surface area (Å²) in [5.41, 5.74) is 1.58. The summed E-state index contributed by atoms with van der Waals surface area (Å²) >= 11 is 0. The van der Waals surface area contributed by atoms with Crippen molar-refractivity contribution in [3.8, 4) is 11.4 Å². The molecule has 0 aromatic carbocycles. The van der Waals surface area contributed by atoms with Gasteiger partial charge in [-0.1, -0.05) is 6.07 Å². The SMILES string of the molecule is C[C@@H]1Nc2nccnc2N1c1cccc(-c2ccncn2)n1. The van der Waals surface area contributed by atoms with E-state index in [9.17, 15) is 0 Å². The van der Waals surface area contributed by atoms with Crippen LogP contribution in [0.3, 0.4) is 0 Å². The lowest BCUT2D eigenvalue weighted by molar-refractivity contribution is 0.820. The van der Waals surface area contributed by atoms with Gasteiger partial charge in [-0.2, -0.15) is 0 Å². The fourth-order valence-corrected chi connectivity index (χ4v) is 2.50. The molecule has 4 heterocycles. The highest BCUT2D eigenvalue weighted by Gasteiger charge is 2.29. The quantitative estimate of drug-likeness (QED) is 0.775. The van der Waals surface area contributed by atoms with E-state index >= 15 is 0 Å².